The molecule has 1 aromatic rings. The summed E-state index contributed by atoms with van der Waals surface area (Å²) in [6.07, 6.45) is 0.940. The normalized spacial score (nSPS) is 22.2. The summed E-state index contributed by atoms with van der Waals surface area (Å²) in [5, 5.41) is 23.6. The van der Waals surface area contributed by atoms with Crippen molar-refractivity contribution in [2.75, 3.05) is 5.75 Å². The highest BCUT2D eigenvalue weighted by molar-refractivity contribution is 7.95. The van der Waals surface area contributed by atoms with Crippen molar-refractivity contribution in [1.29, 1.82) is 0 Å². The van der Waals surface area contributed by atoms with Crippen LogP contribution < -0.4 is 5.32 Å². The van der Waals surface area contributed by atoms with Crippen molar-refractivity contribution in [2.45, 2.75) is 25.7 Å². The molecule has 1 atom stereocenters. The number of nitrogens with one attached hydrogen (secondary N) is 1. The second kappa shape index (κ2) is 5.99. The number of nitro groups is 1. The molecule has 1 aromatic carbocycles. The Morgan fingerprint density at radius 3 is 2.76 bits per heavy atom. The number of carboxylic acids is 1. The van der Waals surface area contributed by atoms with Gasteiger partial charge in [0.1, 0.15) is 0 Å². The third kappa shape index (κ3) is 2.91. The molecule has 0 bridgehead atoms. The standard InChI is InChI=1S/C16H16N2O6S/c1-9-13(16(19)20)14(10-4-2-5-11(8-10)18(21)22)15-12(17-9)6-3-7-25(15,23)24/h2,4-5,8,14,17H,3,6-7H2,1H3,(H,19,20). The number of rotatable bonds is 3. The Hall–Kier alpha value is -2.68. The number of dihydropyridines is 1. The summed E-state index contributed by atoms with van der Waals surface area (Å²) in [4.78, 5) is 22.3. The summed E-state index contributed by atoms with van der Waals surface area (Å²) in [5.74, 6) is -2.38. The highest BCUT2D eigenvalue weighted by atomic mass is 32.2. The first-order valence-electron chi connectivity index (χ1n) is 7.63. The molecule has 0 aromatic heterocycles. The monoisotopic (exact) mass is 364 g/mol. The fourth-order valence-corrected chi connectivity index (χ4v) is 5.28. The number of carbonyl (C=O) groups is 1. The van der Waals surface area contributed by atoms with Gasteiger partial charge in [0.2, 0.25) is 0 Å². The summed E-state index contributed by atoms with van der Waals surface area (Å²) in [6, 6.07) is 5.47. The lowest BCUT2D eigenvalue weighted by Crippen LogP contribution is -2.35. The van der Waals surface area contributed by atoms with E-state index in [0.717, 1.165) is 0 Å². The first kappa shape index (κ1) is 17.2. The Kier molecular flexibility index (Phi) is 4.11. The van der Waals surface area contributed by atoms with Gasteiger partial charge in [-0.05, 0) is 25.3 Å². The Morgan fingerprint density at radius 1 is 1.40 bits per heavy atom. The van der Waals surface area contributed by atoms with E-state index in [1.54, 1.807) is 6.92 Å². The SMILES string of the molecule is CC1=C(C(=O)O)C(c2cccc([N+](=O)[O-])c2)C2=C(CCCS2(=O)=O)N1. The van der Waals surface area contributed by atoms with E-state index in [1.807, 2.05) is 0 Å². The van der Waals surface area contributed by atoms with Crippen molar-refractivity contribution < 1.29 is 23.2 Å². The van der Waals surface area contributed by atoms with Crippen molar-refractivity contribution in [1.82, 2.24) is 5.32 Å². The molecular weight excluding hydrogens is 348 g/mol. The average molecular weight is 364 g/mol. The molecule has 0 fully saturated rings. The fraction of sp³-hybridized carbons (Fsp3) is 0.312. The first-order valence-corrected chi connectivity index (χ1v) is 9.29. The van der Waals surface area contributed by atoms with Gasteiger partial charge in [-0.15, -0.1) is 0 Å². The molecule has 2 aliphatic rings. The molecule has 132 valence electrons. The van der Waals surface area contributed by atoms with E-state index in [4.69, 9.17) is 0 Å². The smallest absolute Gasteiger partial charge is 0.334 e. The average Bonchev–Trinajstić information content (AvgIpc) is 2.52. The van der Waals surface area contributed by atoms with Crippen molar-refractivity contribution >= 4 is 21.5 Å². The van der Waals surface area contributed by atoms with Crippen LogP contribution in [0.2, 0.25) is 0 Å². The number of non-ortho nitro benzene ring substituents is 1. The lowest BCUT2D eigenvalue weighted by atomic mass is 9.85. The molecule has 0 aliphatic carbocycles. The zero-order valence-electron chi connectivity index (χ0n) is 13.4. The predicted molar refractivity (Wildman–Crippen MR) is 89.4 cm³/mol. The molecule has 8 nitrogen and oxygen atoms in total. The van der Waals surface area contributed by atoms with Crippen molar-refractivity contribution in [2.24, 2.45) is 0 Å². The van der Waals surface area contributed by atoms with Crippen molar-refractivity contribution in [3.05, 3.63) is 61.8 Å². The van der Waals surface area contributed by atoms with E-state index in [0.29, 0.717) is 24.2 Å². The second-order valence-electron chi connectivity index (χ2n) is 6.02. The minimum absolute atomic E-state index is 0.0160. The molecule has 25 heavy (non-hydrogen) atoms. The molecule has 3 rings (SSSR count). The van der Waals surface area contributed by atoms with Gasteiger partial charge < -0.3 is 10.4 Å². The van der Waals surface area contributed by atoms with Gasteiger partial charge in [-0.3, -0.25) is 10.1 Å². The first-order chi connectivity index (χ1) is 11.7. The van der Waals surface area contributed by atoms with Crippen LogP contribution in [0.3, 0.4) is 0 Å². The number of carboxylic acid groups (broad SMARTS) is 1. The van der Waals surface area contributed by atoms with Gasteiger partial charge in [0.25, 0.3) is 5.69 Å². The minimum Gasteiger partial charge on any atom is -0.478 e. The van der Waals surface area contributed by atoms with Gasteiger partial charge >= 0.3 is 5.97 Å². The van der Waals surface area contributed by atoms with Crippen LogP contribution in [0.4, 0.5) is 5.69 Å². The fourth-order valence-electron chi connectivity index (χ4n) is 3.40. The number of allylic oxidation sites excluding steroid dienone is 3. The molecule has 1 unspecified atom stereocenters. The third-order valence-electron chi connectivity index (χ3n) is 4.41. The topological polar surface area (TPSA) is 127 Å². The maximum Gasteiger partial charge on any atom is 0.334 e. The number of sulfone groups is 1. The van der Waals surface area contributed by atoms with Gasteiger partial charge in [-0.2, -0.15) is 0 Å². The van der Waals surface area contributed by atoms with Crippen LogP contribution in [0.5, 0.6) is 0 Å². The van der Waals surface area contributed by atoms with Crippen LogP contribution in [0.15, 0.2) is 46.1 Å². The number of nitro benzene ring substituents is 1. The lowest BCUT2D eigenvalue weighted by molar-refractivity contribution is -0.384. The van der Waals surface area contributed by atoms with E-state index in [2.05, 4.69) is 5.32 Å². The van der Waals surface area contributed by atoms with Crippen LogP contribution in [-0.4, -0.2) is 30.2 Å². The Bertz CT molecular complexity index is 945. The Balaban J connectivity index is 2.28. The van der Waals surface area contributed by atoms with Crippen LogP contribution in [-0.2, 0) is 14.6 Å². The Labute approximate surface area is 143 Å². The molecule has 0 amide bonds. The number of nitrogens with zero attached hydrogens (tertiary/aromatic N) is 1. The number of hydrogen-bond acceptors (Lipinski definition) is 6. The molecule has 2 heterocycles. The third-order valence-corrected chi connectivity index (χ3v) is 6.39. The number of hydrogen-bond donors (Lipinski definition) is 2. The van der Waals surface area contributed by atoms with Crippen molar-refractivity contribution in [3.63, 3.8) is 0 Å². The van der Waals surface area contributed by atoms with Crippen LogP contribution in [0, 0.1) is 10.1 Å². The summed E-state index contributed by atoms with van der Waals surface area (Å²) >= 11 is 0. The van der Waals surface area contributed by atoms with Gasteiger partial charge in [-0.1, -0.05) is 12.1 Å². The summed E-state index contributed by atoms with van der Waals surface area (Å²) in [7, 11) is -3.65. The second-order valence-corrected chi connectivity index (χ2v) is 8.10. The van der Waals surface area contributed by atoms with Gasteiger partial charge in [-0.25, -0.2) is 13.2 Å². The van der Waals surface area contributed by atoms with Gasteiger partial charge in [0, 0.05) is 23.5 Å². The molecular formula is C16H16N2O6S. The van der Waals surface area contributed by atoms with Crippen molar-refractivity contribution in [3.8, 4) is 0 Å². The molecule has 0 radical (unpaired) electrons. The molecule has 0 spiro atoms. The zero-order chi connectivity index (χ0) is 18.4. The van der Waals surface area contributed by atoms with Gasteiger partial charge in [0.15, 0.2) is 9.84 Å². The Morgan fingerprint density at radius 2 is 2.12 bits per heavy atom. The minimum atomic E-state index is -3.65. The van der Waals surface area contributed by atoms with Crippen LogP contribution >= 0.6 is 0 Å². The maximum atomic E-state index is 12.6. The summed E-state index contributed by atoms with van der Waals surface area (Å²) in [5.41, 5.74) is 0.786. The predicted octanol–water partition coefficient (Wildman–Crippen LogP) is 2.06. The molecule has 2 N–H and O–H groups in total. The molecule has 9 heteroatoms. The highest BCUT2D eigenvalue weighted by Crippen LogP contribution is 2.44. The maximum absolute atomic E-state index is 12.6. The van der Waals surface area contributed by atoms with E-state index in [-0.39, 0.29) is 27.5 Å². The lowest BCUT2D eigenvalue weighted by Gasteiger charge is -2.33. The zero-order valence-corrected chi connectivity index (χ0v) is 14.2. The number of aliphatic carboxylic acids is 1. The quantitative estimate of drug-likeness (QED) is 0.621. The van der Waals surface area contributed by atoms with Gasteiger partial charge in [0.05, 0.1) is 27.1 Å². The van der Waals surface area contributed by atoms with Crippen LogP contribution in [0.1, 0.15) is 31.2 Å². The van der Waals surface area contributed by atoms with E-state index in [1.165, 1.54) is 24.3 Å². The molecule has 0 saturated carbocycles. The van der Waals surface area contributed by atoms with E-state index in [9.17, 15) is 28.4 Å². The summed E-state index contributed by atoms with van der Waals surface area (Å²) < 4.78 is 25.3. The largest absolute Gasteiger partial charge is 0.478 e. The van der Waals surface area contributed by atoms with E-state index >= 15 is 0 Å². The van der Waals surface area contributed by atoms with Crippen LogP contribution in [0.25, 0.3) is 0 Å². The molecule has 0 saturated heterocycles. The highest BCUT2D eigenvalue weighted by Gasteiger charge is 2.42. The molecule has 2 aliphatic heterocycles. The summed E-state index contributed by atoms with van der Waals surface area (Å²) in [6.45, 7) is 1.57. The van der Waals surface area contributed by atoms with E-state index < -0.39 is 26.6 Å². The number of benzene rings is 1.